The average Bonchev–Trinajstić information content (AvgIpc) is 2.51. The van der Waals surface area contributed by atoms with Crippen molar-refractivity contribution in [2.45, 2.75) is 45.1 Å². The highest BCUT2D eigenvalue weighted by Crippen LogP contribution is 2.60. The van der Waals surface area contributed by atoms with Crippen LogP contribution in [0.1, 0.15) is 54.4 Å². The Morgan fingerprint density at radius 2 is 1.52 bits per heavy atom. The molecule has 1 aromatic rings. The number of carboxylic acid groups (broad SMARTS) is 1. The summed E-state index contributed by atoms with van der Waals surface area (Å²) in [5, 5.41) is 13.9. The second-order valence-electron chi connectivity index (χ2n) is 7.86. The van der Waals surface area contributed by atoms with Crippen molar-refractivity contribution < 1.29 is 14.7 Å². The molecular weight excluding hydrogens is 290 g/mol. The highest BCUT2D eigenvalue weighted by atomic mass is 16.4. The lowest BCUT2D eigenvalue weighted by Gasteiger charge is -2.55. The lowest BCUT2D eigenvalue weighted by Crippen LogP contribution is -2.53. The van der Waals surface area contributed by atoms with Gasteiger partial charge in [0.1, 0.15) is 0 Å². The van der Waals surface area contributed by atoms with Gasteiger partial charge in [0.15, 0.2) is 0 Å². The first-order chi connectivity index (χ1) is 11.0. The first-order valence-corrected chi connectivity index (χ1v) is 8.63. The molecule has 0 aromatic heterocycles. The summed E-state index contributed by atoms with van der Waals surface area (Å²) in [4.78, 5) is 23.6. The minimum absolute atomic E-state index is 0.125. The van der Waals surface area contributed by atoms with Crippen molar-refractivity contribution in [3.63, 3.8) is 0 Å². The predicted octanol–water partition coefficient (Wildman–Crippen LogP) is 1.88. The smallest absolute Gasteiger partial charge is 0.226 e. The van der Waals surface area contributed by atoms with Crippen LogP contribution in [0.3, 0.4) is 0 Å². The number of nitrogens with one attached hydrogen (secondary N) is 1. The third-order valence-electron chi connectivity index (χ3n) is 6.16. The van der Waals surface area contributed by atoms with Gasteiger partial charge in [0.25, 0.3) is 0 Å². The molecule has 4 bridgehead atoms. The van der Waals surface area contributed by atoms with E-state index >= 15 is 0 Å². The highest BCUT2D eigenvalue weighted by Gasteiger charge is 2.54. The van der Waals surface area contributed by atoms with Crippen LogP contribution in [-0.4, -0.2) is 11.9 Å². The maximum absolute atomic E-state index is 12.8. The van der Waals surface area contributed by atoms with Gasteiger partial charge in [0, 0.05) is 12.0 Å². The van der Waals surface area contributed by atoms with E-state index in [0.717, 1.165) is 42.6 Å². The fourth-order valence-electron chi connectivity index (χ4n) is 5.52. The van der Waals surface area contributed by atoms with Crippen molar-refractivity contribution in [3.05, 3.63) is 35.4 Å². The Hall–Kier alpha value is -1.84. The molecule has 0 aliphatic heterocycles. The van der Waals surface area contributed by atoms with Gasteiger partial charge in [-0.15, -0.1) is 0 Å². The molecule has 1 N–H and O–H groups in total. The Kier molecular flexibility index (Phi) is 3.43. The second-order valence-corrected chi connectivity index (χ2v) is 7.86. The lowest BCUT2D eigenvalue weighted by molar-refractivity contribution is -0.255. The van der Waals surface area contributed by atoms with Crippen LogP contribution in [0.25, 0.3) is 0 Å². The summed E-state index contributed by atoms with van der Waals surface area (Å²) in [5.41, 5.74) is 0.967. The number of rotatable bonds is 4. The molecule has 4 saturated carbocycles. The third kappa shape index (κ3) is 2.64. The van der Waals surface area contributed by atoms with Crippen LogP contribution >= 0.6 is 0 Å². The van der Waals surface area contributed by atoms with E-state index in [9.17, 15) is 14.7 Å². The Morgan fingerprint density at radius 3 is 2.00 bits per heavy atom. The van der Waals surface area contributed by atoms with E-state index in [-0.39, 0.29) is 16.9 Å². The van der Waals surface area contributed by atoms with Crippen LogP contribution in [0.4, 0.5) is 0 Å². The fraction of sp³-hybridized carbons (Fsp3) is 0.579. The minimum Gasteiger partial charge on any atom is -0.545 e. The highest BCUT2D eigenvalue weighted by molar-refractivity contribution is 5.86. The summed E-state index contributed by atoms with van der Waals surface area (Å²) in [6.45, 7) is 0.466. The molecular formula is C19H22NO3-. The molecule has 23 heavy (non-hydrogen) atoms. The zero-order chi connectivity index (χ0) is 16.0. The summed E-state index contributed by atoms with van der Waals surface area (Å²) in [7, 11) is 0. The molecule has 0 heterocycles. The number of hydrogen-bond donors (Lipinski definition) is 1. The molecule has 4 fully saturated rings. The molecule has 1 aromatic carbocycles. The van der Waals surface area contributed by atoms with Crippen molar-refractivity contribution in [3.8, 4) is 0 Å². The fourth-order valence-corrected chi connectivity index (χ4v) is 5.52. The zero-order valence-corrected chi connectivity index (χ0v) is 13.2. The SMILES string of the molecule is O=C([O-])c1ccc(CNC(=O)C23CC4CC(CC(C4)C2)C3)cc1. The maximum Gasteiger partial charge on any atom is 0.226 e. The summed E-state index contributed by atoms with van der Waals surface area (Å²) in [6.07, 6.45) is 7.18. The predicted molar refractivity (Wildman–Crippen MR) is 83.2 cm³/mol. The average molecular weight is 312 g/mol. The van der Waals surface area contributed by atoms with Crippen LogP contribution < -0.4 is 10.4 Å². The zero-order valence-electron chi connectivity index (χ0n) is 13.2. The van der Waals surface area contributed by atoms with Crippen molar-refractivity contribution in [1.29, 1.82) is 0 Å². The van der Waals surface area contributed by atoms with Gasteiger partial charge >= 0.3 is 0 Å². The number of carbonyl (C=O) groups is 2. The van der Waals surface area contributed by atoms with E-state index in [0.29, 0.717) is 6.54 Å². The van der Waals surface area contributed by atoms with Crippen LogP contribution in [-0.2, 0) is 11.3 Å². The molecule has 4 aliphatic rings. The molecule has 4 aliphatic carbocycles. The van der Waals surface area contributed by atoms with E-state index in [1.165, 1.54) is 31.4 Å². The molecule has 0 atom stereocenters. The monoisotopic (exact) mass is 312 g/mol. The number of hydrogen-bond acceptors (Lipinski definition) is 3. The van der Waals surface area contributed by atoms with Gasteiger partial charge in [-0.25, -0.2) is 0 Å². The van der Waals surface area contributed by atoms with E-state index in [1.807, 2.05) is 0 Å². The Bertz CT molecular complexity index is 599. The van der Waals surface area contributed by atoms with Crippen molar-refractivity contribution >= 4 is 11.9 Å². The van der Waals surface area contributed by atoms with Crippen molar-refractivity contribution in [1.82, 2.24) is 5.32 Å². The van der Waals surface area contributed by atoms with Gasteiger partial charge in [0.05, 0.1) is 5.97 Å². The molecule has 4 nitrogen and oxygen atoms in total. The van der Waals surface area contributed by atoms with E-state index < -0.39 is 5.97 Å². The molecule has 5 rings (SSSR count). The molecule has 0 radical (unpaired) electrons. The molecule has 0 saturated heterocycles. The number of aromatic carboxylic acids is 1. The van der Waals surface area contributed by atoms with Crippen LogP contribution in [0, 0.1) is 23.2 Å². The quantitative estimate of drug-likeness (QED) is 0.923. The number of carbonyl (C=O) groups excluding carboxylic acids is 2. The van der Waals surface area contributed by atoms with Gasteiger partial charge < -0.3 is 15.2 Å². The molecule has 0 spiro atoms. The number of benzene rings is 1. The molecule has 122 valence electrons. The summed E-state index contributed by atoms with van der Waals surface area (Å²) >= 11 is 0. The molecule has 0 unspecified atom stereocenters. The topological polar surface area (TPSA) is 69.2 Å². The second kappa shape index (κ2) is 5.36. The molecule has 4 heteroatoms. The van der Waals surface area contributed by atoms with E-state index in [4.69, 9.17) is 0 Å². The Balaban J connectivity index is 1.41. The third-order valence-corrected chi connectivity index (χ3v) is 6.16. The minimum atomic E-state index is -1.17. The van der Waals surface area contributed by atoms with Gasteiger partial charge in [-0.3, -0.25) is 4.79 Å². The van der Waals surface area contributed by atoms with Crippen molar-refractivity contribution in [2.75, 3.05) is 0 Å². The Morgan fingerprint density at radius 1 is 1.00 bits per heavy atom. The Labute approximate surface area is 136 Å². The number of carboxylic acids is 1. The van der Waals surface area contributed by atoms with Crippen LogP contribution in [0.2, 0.25) is 0 Å². The standard InChI is InChI=1S/C19H23NO3/c21-17(22)16-3-1-12(2-4-16)11-20-18(23)19-8-13-5-14(9-19)7-15(6-13)10-19/h1-4,13-15H,5-11H2,(H,20,23)(H,21,22)/p-1. The lowest BCUT2D eigenvalue weighted by atomic mass is 9.49. The molecule has 1 amide bonds. The van der Waals surface area contributed by atoms with Gasteiger partial charge in [-0.1, -0.05) is 24.3 Å². The van der Waals surface area contributed by atoms with Gasteiger partial charge in [-0.2, -0.15) is 0 Å². The van der Waals surface area contributed by atoms with E-state index in [2.05, 4.69) is 5.32 Å². The van der Waals surface area contributed by atoms with Gasteiger partial charge in [0.2, 0.25) is 5.91 Å². The summed E-state index contributed by atoms with van der Waals surface area (Å²) in [5.74, 6) is 1.31. The van der Waals surface area contributed by atoms with Crippen LogP contribution in [0.15, 0.2) is 24.3 Å². The van der Waals surface area contributed by atoms with E-state index in [1.54, 1.807) is 12.1 Å². The first-order valence-electron chi connectivity index (χ1n) is 8.63. The summed E-state index contributed by atoms with van der Waals surface area (Å²) < 4.78 is 0. The first kappa shape index (κ1) is 14.7. The van der Waals surface area contributed by atoms with Crippen molar-refractivity contribution in [2.24, 2.45) is 23.2 Å². The number of amides is 1. The normalized spacial score (nSPS) is 34.3. The van der Waals surface area contributed by atoms with Gasteiger partial charge in [-0.05, 0) is 67.4 Å². The van der Waals surface area contributed by atoms with Crippen LogP contribution in [0.5, 0.6) is 0 Å². The maximum atomic E-state index is 12.8. The summed E-state index contributed by atoms with van der Waals surface area (Å²) in [6, 6.07) is 6.54. The largest absolute Gasteiger partial charge is 0.545 e.